The van der Waals surface area contributed by atoms with Crippen LogP contribution < -0.4 is 14.7 Å². The van der Waals surface area contributed by atoms with E-state index in [-0.39, 0.29) is 0 Å². The van der Waals surface area contributed by atoms with Gasteiger partial charge in [0.15, 0.2) is 0 Å². The van der Waals surface area contributed by atoms with E-state index in [1.54, 1.807) is 79.0 Å². The van der Waals surface area contributed by atoms with E-state index >= 15 is 0 Å². The fourth-order valence-electron chi connectivity index (χ4n) is 2.07. The second-order valence-electron chi connectivity index (χ2n) is 5.09. The minimum absolute atomic E-state index is 0.329. The molecular weight excluding hydrogens is 337 g/mol. The number of aromatic nitrogens is 1. The number of nitrogens with one attached hydrogen (secondary N) is 2. The van der Waals surface area contributed by atoms with E-state index in [1.165, 1.54) is 0 Å². The predicted molar refractivity (Wildman–Crippen MR) is 96.4 cm³/mol. The van der Waals surface area contributed by atoms with Crippen molar-refractivity contribution in [2.75, 3.05) is 5.09 Å². The van der Waals surface area contributed by atoms with Crippen LogP contribution in [0.5, 0.6) is 5.75 Å². The SMILES string of the molecule is O=C(NP(=O)(Nc1ccccn1)Oc1ccccc1)c1ccccc1. The fraction of sp³-hybridized carbons (Fsp3) is 0. The van der Waals surface area contributed by atoms with Crippen molar-refractivity contribution in [3.05, 3.63) is 90.6 Å². The zero-order valence-electron chi connectivity index (χ0n) is 13.2. The Morgan fingerprint density at radius 2 is 1.52 bits per heavy atom. The summed E-state index contributed by atoms with van der Waals surface area (Å²) >= 11 is 0. The molecule has 0 aliphatic heterocycles. The Labute approximate surface area is 145 Å². The van der Waals surface area contributed by atoms with Crippen molar-refractivity contribution in [1.82, 2.24) is 10.1 Å². The van der Waals surface area contributed by atoms with Crippen molar-refractivity contribution in [3.63, 3.8) is 0 Å². The van der Waals surface area contributed by atoms with Crippen molar-refractivity contribution in [2.45, 2.75) is 0 Å². The molecule has 0 aliphatic carbocycles. The maximum absolute atomic E-state index is 13.2. The maximum atomic E-state index is 13.2. The van der Waals surface area contributed by atoms with E-state index in [1.807, 2.05) is 6.07 Å². The van der Waals surface area contributed by atoms with Crippen LogP contribution in [0.25, 0.3) is 0 Å². The molecule has 0 aliphatic rings. The van der Waals surface area contributed by atoms with Gasteiger partial charge in [-0.3, -0.25) is 15.0 Å². The zero-order chi connectivity index (χ0) is 17.5. The van der Waals surface area contributed by atoms with Gasteiger partial charge in [-0.2, -0.15) is 0 Å². The molecule has 1 atom stereocenters. The van der Waals surface area contributed by atoms with E-state index in [9.17, 15) is 9.36 Å². The third-order valence-electron chi connectivity index (χ3n) is 3.19. The highest BCUT2D eigenvalue weighted by Crippen LogP contribution is 2.42. The van der Waals surface area contributed by atoms with E-state index in [4.69, 9.17) is 4.52 Å². The molecule has 0 saturated heterocycles. The summed E-state index contributed by atoms with van der Waals surface area (Å²) in [5.41, 5.74) is 0.377. The smallest absolute Gasteiger partial charge is 0.414 e. The number of anilines is 1. The first-order valence-electron chi connectivity index (χ1n) is 7.56. The normalized spacial score (nSPS) is 12.6. The lowest BCUT2D eigenvalue weighted by Gasteiger charge is -2.21. The van der Waals surface area contributed by atoms with Gasteiger partial charge < -0.3 is 4.52 Å². The van der Waals surface area contributed by atoms with E-state index in [0.29, 0.717) is 17.1 Å². The summed E-state index contributed by atoms with van der Waals surface area (Å²) in [4.78, 5) is 16.5. The molecule has 126 valence electrons. The Bertz CT molecular complexity index is 828. The van der Waals surface area contributed by atoms with Gasteiger partial charge >= 0.3 is 7.67 Å². The molecule has 7 heteroatoms. The molecule has 1 heterocycles. The molecule has 3 rings (SSSR count). The van der Waals surface area contributed by atoms with Gasteiger partial charge in [0.2, 0.25) is 0 Å². The van der Waals surface area contributed by atoms with Gasteiger partial charge in [0, 0.05) is 11.8 Å². The molecule has 6 nitrogen and oxygen atoms in total. The lowest BCUT2D eigenvalue weighted by atomic mass is 10.2. The second kappa shape index (κ2) is 7.64. The Morgan fingerprint density at radius 1 is 0.880 bits per heavy atom. The lowest BCUT2D eigenvalue weighted by molar-refractivity contribution is 0.0978. The highest BCUT2D eigenvalue weighted by molar-refractivity contribution is 7.59. The molecule has 1 unspecified atom stereocenters. The number of carbonyl (C=O) groups is 1. The average Bonchev–Trinajstić information content (AvgIpc) is 2.64. The van der Waals surface area contributed by atoms with Gasteiger partial charge in [0.05, 0.1) is 0 Å². The van der Waals surface area contributed by atoms with Crippen molar-refractivity contribution in [3.8, 4) is 5.75 Å². The highest BCUT2D eigenvalue weighted by atomic mass is 31.2. The molecule has 0 spiro atoms. The third-order valence-corrected chi connectivity index (χ3v) is 4.68. The molecule has 0 saturated carbocycles. The molecule has 0 radical (unpaired) electrons. The van der Waals surface area contributed by atoms with Crippen LogP contribution in [0.2, 0.25) is 0 Å². The zero-order valence-corrected chi connectivity index (χ0v) is 14.1. The largest absolute Gasteiger partial charge is 0.447 e. The van der Waals surface area contributed by atoms with Crippen LogP contribution in [0.4, 0.5) is 5.82 Å². The summed E-state index contributed by atoms with van der Waals surface area (Å²) in [6.45, 7) is 0. The molecule has 1 amide bonds. The van der Waals surface area contributed by atoms with Gasteiger partial charge in [-0.05, 0) is 36.4 Å². The number of benzene rings is 2. The Morgan fingerprint density at radius 3 is 2.16 bits per heavy atom. The minimum Gasteiger partial charge on any atom is -0.414 e. The Kier molecular flexibility index (Phi) is 5.11. The summed E-state index contributed by atoms with van der Waals surface area (Å²) in [5, 5.41) is 5.14. The van der Waals surface area contributed by atoms with E-state index < -0.39 is 13.6 Å². The summed E-state index contributed by atoms with van der Waals surface area (Å²) in [6.07, 6.45) is 1.55. The van der Waals surface area contributed by atoms with Crippen LogP contribution in [0.1, 0.15) is 10.4 Å². The van der Waals surface area contributed by atoms with Crippen LogP contribution in [-0.2, 0) is 4.57 Å². The van der Waals surface area contributed by atoms with Crippen LogP contribution in [0.15, 0.2) is 85.1 Å². The summed E-state index contributed by atoms with van der Waals surface area (Å²) < 4.78 is 18.8. The highest BCUT2D eigenvalue weighted by Gasteiger charge is 2.29. The van der Waals surface area contributed by atoms with Gasteiger partial charge in [0.1, 0.15) is 11.6 Å². The van der Waals surface area contributed by atoms with Crippen molar-refractivity contribution < 1.29 is 13.9 Å². The minimum atomic E-state index is -3.80. The van der Waals surface area contributed by atoms with Crippen molar-refractivity contribution in [2.24, 2.45) is 0 Å². The second-order valence-corrected chi connectivity index (χ2v) is 6.82. The summed E-state index contributed by atoms with van der Waals surface area (Å²) in [7, 11) is -3.80. The van der Waals surface area contributed by atoms with Crippen molar-refractivity contribution in [1.29, 1.82) is 0 Å². The summed E-state index contributed by atoms with van der Waals surface area (Å²) in [5.74, 6) is 0.182. The number of carbonyl (C=O) groups excluding carboxylic acids is 1. The van der Waals surface area contributed by atoms with Crippen LogP contribution in [0, 0.1) is 0 Å². The number of amides is 1. The standard InChI is InChI=1S/C18H16N3O3P/c22-18(15-9-3-1-4-10-15)21-25(23,20-17-13-7-8-14-19-17)24-16-11-5-2-6-12-16/h1-14H,(H2,19,20,21,22,23). The molecule has 25 heavy (non-hydrogen) atoms. The van der Waals surface area contributed by atoms with Gasteiger partial charge in [-0.1, -0.05) is 42.5 Å². The quantitative estimate of drug-likeness (QED) is 0.652. The van der Waals surface area contributed by atoms with Crippen molar-refractivity contribution >= 4 is 19.4 Å². The molecule has 1 aromatic heterocycles. The first kappa shape index (κ1) is 16.7. The molecule has 0 fully saturated rings. The van der Waals surface area contributed by atoms with Crippen LogP contribution in [-0.4, -0.2) is 10.9 Å². The monoisotopic (exact) mass is 353 g/mol. The molecule has 2 aromatic carbocycles. The fourth-order valence-corrected chi connectivity index (χ4v) is 3.47. The Balaban J connectivity index is 1.85. The van der Waals surface area contributed by atoms with E-state index in [0.717, 1.165) is 0 Å². The molecule has 2 N–H and O–H groups in total. The van der Waals surface area contributed by atoms with E-state index in [2.05, 4.69) is 15.2 Å². The molecule has 0 bridgehead atoms. The first-order valence-corrected chi connectivity index (χ1v) is 9.19. The Hall–Kier alpha value is -3.11. The number of rotatable bonds is 6. The predicted octanol–water partition coefficient (Wildman–Crippen LogP) is 4.11. The van der Waals surface area contributed by atoms with Gasteiger partial charge in [0.25, 0.3) is 5.91 Å². The number of hydrogen-bond acceptors (Lipinski definition) is 4. The van der Waals surface area contributed by atoms with Crippen LogP contribution >= 0.6 is 7.67 Å². The number of para-hydroxylation sites is 1. The number of nitrogens with zero attached hydrogens (tertiary/aromatic N) is 1. The number of hydrogen-bond donors (Lipinski definition) is 2. The van der Waals surface area contributed by atoms with Gasteiger partial charge in [-0.25, -0.2) is 9.55 Å². The van der Waals surface area contributed by atoms with Gasteiger partial charge in [-0.15, -0.1) is 0 Å². The maximum Gasteiger partial charge on any atom is 0.447 e. The molecule has 3 aromatic rings. The topological polar surface area (TPSA) is 80.3 Å². The molecular formula is C18H16N3O3P. The van der Waals surface area contributed by atoms with Crippen LogP contribution in [0.3, 0.4) is 0 Å². The first-order chi connectivity index (χ1) is 12.1. The lowest BCUT2D eigenvalue weighted by Crippen LogP contribution is -2.27. The summed E-state index contributed by atoms with van der Waals surface area (Å²) in [6, 6.07) is 22.2. The third kappa shape index (κ3) is 4.68. The average molecular weight is 353 g/mol. The number of pyridine rings is 1.